The normalized spacial score (nSPS) is 16.1. The number of nitrogens with zero attached hydrogens (tertiary/aromatic N) is 2. The average molecular weight is 441 g/mol. The molecule has 5 nitrogen and oxygen atoms in total. The first-order valence-electron chi connectivity index (χ1n) is 10.2. The van der Waals surface area contributed by atoms with Crippen LogP contribution in [0.15, 0.2) is 72.9 Å². The van der Waals surface area contributed by atoms with Gasteiger partial charge in [0, 0.05) is 30.9 Å². The number of pyridine rings is 1. The number of halogens is 3. The molecular weight excluding hydrogens is 419 g/mol. The first-order chi connectivity index (χ1) is 15.4. The van der Waals surface area contributed by atoms with E-state index in [-0.39, 0.29) is 11.9 Å². The summed E-state index contributed by atoms with van der Waals surface area (Å²) < 4.78 is 43.9. The third kappa shape index (κ3) is 5.38. The molecule has 0 spiro atoms. The molecule has 1 saturated heterocycles. The SMILES string of the molecule is O=C(NC1CCN(c2ccc(C(F)(F)F)cn2)C1)c1cccc(OCc2ccccc2)c1. The maximum absolute atomic E-state index is 12.7. The fraction of sp³-hybridized carbons (Fsp3) is 0.250. The van der Waals surface area contributed by atoms with Crippen molar-refractivity contribution in [3.63, 3.8) is 0 Å². The molecule has 2 aromatic carbocycles. The van der Waals surface area contributed by atoms with Gasteiger partial charge in [0.15, 0.2) is 0 Å². The van der Waals surface area contributed by atoms with Crippen molar-refractivity contribution in [2.75, 3.05) is 18.0 Å². The summed E-state index contributed by atoms with van der Waals surface area (Å²) in [6.07, 6.45) is -2.90. The summed E-state index contributed by atoms with van der Waals surface area (Å²) in [7, 11) is 0. The van der Waals surface area contributed by atoms with Crippen molar-refractivity contribution >= 4 is 11.7 Å². The number of carbonyl (C=O) groups is 1. The van der Waals surface area contributed by atoms with Crippen LogP contribution in [0, 0.1) is 0 Å². The van der Waals surface area contributed by atoms with Crippen molar-refractivity contribution in [2.24, 2.45) is 0 Å². The summed E-state index contributed by atoms with van der Waals surface area (Å²) in [6, 6.07) is 19.0. The van der Waals surface area contributed by atoms with Gasteiger partial charge in [-0.25, -0.2) is 4.98 Å². The zero-order valence-electron chi connectivity index (χ0n) is 17.2. The van der Waals surface area contributed by atoms with Crippen LogP contribution in [0.25, 0.3) is 0 Å². The Kier molecular flexibility index (Phi) is 6.30. The topological polar surface area (TPSA) is 54.5 Å². The first kappa shape index (κ1) is 21.7. The molecule has 1 atom stereocenters. The van der Waals surface area contributed by atoms with Crippen LogP contribution >= 0.6 is 0 Å². The molecule has 2 heterocycles. The quantitative estimate of drug-likeness (QED) is 0.603. The highest BCUT2D eigenvalue weighted by Gasteiger charge is 2.31. The number of anilines is 1. The largest absolute Gasteiger partial charge is 0.489 e. The van der Waals surface area contributed by atoms with E-state index in [9.17, 15) is 18.0 Å². The van der Waals surface area contributed by atoms with Gasteiger partial charge in [-0.1, -0.05) is 36.4 Å². The first-order valence-corrected chi connectivity index (χ1v) is 10.2. The lowest BCUT2D eigenvalue weighted by Gasteiger charge is -2.18. The molecule has 0 bridgehead atoms. The van der Waals surface area contributed by atoms with Crippen LogP contribution in [0.3, 0.4) is 0 Å². The summed E-state index contributed by atoms with van der Waals surface area (Å²) >= 11 is 0. The van der Waals surface area contributed by atoms with Gasteiger partial charge >= 0.3 is 6.18 Å². The molecule has 1 N–H and O–H groups in total. The number of benzene rings is 2. The Labute approximate surface area is 183 Å². The molecule has 1 aromatic heterocycles. The molecule has 0 saturated carbocycles. The number of nitrogens with one attached hydrogen (secondary N) is 1. The molecule has 0 radical (unpaired) electrons. The van der Waals surface area contributed by atoms with E-state index in [2.05, 4.69) is 10.3 Å². The molecule has 1 aliphatic rings. The summed E-state index contributed by atoms with van der Waals surface area (Å²) in [6.45, 7) is 1.49. The van der Waals surface area contributed by atoms with E-state index in [1.807, 2.05) is 35.2 Å². The number of hydrogen-bond donors (Lipinski definition) is 1. The van der Waals surface area contributed by atoms with E-state index in [0.29, 0.717) is 43.2 Å². The van der Waals surface area contributed by atoms with Crippen LogP contribution in [0.2, 0.25) is 0 Å². The Bertz CT molecular complexity index is 1060. The number of alkyl halides is 3. The second kappa shape index (κ2) is 9.30. The van der Waals surface area contributed by atoms with E-state index in [4.69, 9.17) is 4.74 Å². The lowest BCUT2D eigenvalue weighted by atomic mass is 10.1. The minimum absolute atomic E-state index is 0.125. The predicted molar refractivity (Wildman–Crippen MR) is 115 cm³/mol. The Hall–Kier alpha value is -3.55. The predicted octanol–water partition coefficient (Wildman–Crippen LogP) is 4.69. The van der Waals surface area contributed by atoms with Crippen molar-refractivity contribution in [3.8, 4) is 5.75 Å². The number of hydrogen-bond acceptors (Lipinski definition) is 4. The highest BCUT2D eigenvalue weighted by Crippen LogP contribution is 2.30. The molecule has 3 aromatic rings. The fourth-order valence-electron chi connectivity index (χ4n) is 3.56. The van der Waals surface area contributed by atoms with Gasteiger partial charge in [0.25, 0.3) is 5.91 Å². The van der Waals surface area contributed by atoms with Crippen molar-refractivity contribution in [3.05, 3.63) is 89.6 Å². The summed E-state index contributed by atoms with van der Waals surface area (Å²) in [5.41, 5.74) is 0.742. The van der Waals surface area contributed by atoms with E-state index >= 15 is 0 Å². The van der Waals surface area contributed by atoms with Crippen molar-refractivity contribution in [1.29, 1.82) is 0 Å². The Morgan fingerprint density at radius 3 is 2.62 bits per heavy atom. The second-order valence-corrected chi connectivity index (χ2v) is 7.61. The van der Waals surface area contributed by atoms with Crippen LogP contribution in [0.4, 0.5) is 19.0 Å². The van der Waals surface area contributed by atoms with Gasteiger partial charge in [-0.15, -0.1) is 0 Å². The lowest BCUT2D eigenvalue weighted by molar-refractivity contribution is -0.137. The molecule has 8 heteroatoms. The molecule has 0 aliphatic carbocycles. The van der Waals surface area contributed by atoms with Gasteiger partial charge in [-0.2, -0.15) is 13.2 Å². The smallest absolute Gasteiger partial charge is 0.417 e. The highest BCUT2D eigenvalue weighted by molar-refractivity contribution is 5.94. The fourth-order valence-corrected chi connectivity index (χ4v) is 3.56. The average Bonchev–Trinajstić information content (AvgIpc) is 3.26. The van der Waals surface area contributed by atoms with Crippen molar-refractivity contribution < 1.29 is 22.7 Å². The van der Waals surface area contributed by atoms with Gasteiger partial charge < -0.3 is 15.0 Å². The van der Waals surface area contributed by atoms with Gasteiger partial charge in [0.05, 0.1) is 5.56 Å². The van der Waals surface area contributed by atoms with Crippen LogP contribution < -0.4 is 15.0 Å². The van der Waals surface area contributed by atoms with Gasteiger partial charge in [0.1, 0.15) is 18.2 Å². The van der Waals surface area contributed by atoms with Crippen LogP contribution in [0.1, 0.15) is 27.9 Å². The minimum Gasteiger partial charge on any atom is -0.489 e. The summed E-state index contributed by atoms with van der Waals surface area (Å²) in [5, 5.41) is 2.99. The third-order valence-electron chi connectivity index (χ3n) is 5.27. The molecule has 166 valence electrons. The Balaban J connectivity index is 1.32. The molecule has 1 aliphatic heterocycles. The molecule has 1 fully saturated rings. The maximum Gasteiger partial charge on any atom is 0.417 e. The van der Waals surface area contributed by atoms with E-state index in [1.165, 1.54) is 6.07 Å². The zero-order valence-corrected chi connectivity index (χ0v) is 17.2. The number of ether oxygens (including phenoxy) is 1. The number of amides is 1. The summed E-state index contributed by atoms with van der Waals surface area (Å²) in [4.78, 5) is 18.5. The molecule has 4 rings (SSSR count). The maximum atomic E-state index is 12.7. The second-order valence-electron chi connectivity index (χ2n) is 7.61. The number of rotatable bonds is 6. The minimum atomic E-state index is -4.41. The van der Waals surface area contributed by atoms with Crippen LogP contribution in [-0.2, 0) is 12.8 Å². The Morgan fingerprint density at radius 1 is 1.09 bits per heavy atom. The molecule has 1 amide bonds. The standard InChI is InChI=1S/C24H22F3N3O2/c25-24(26,27)19-9-10-22(28-14-19)30-12-11-20(15-30)29-23(31)18-7-4-8-21(13-18)32-16-17-5-2-1-3-6-17/h1-10,13-14,20H,11-12,15-16H2,(H,29,31). The van der Waals surface area contributed by atoms with E-state index < -0.39 is 11.7 Å². The van der Waals surface area contributed by atoms with Crippen LogP contribution in [-0.4, -0.2) is 30.0 Å². The van der Waals surface area contributed by atoms with E-state index in [0.717, 1.165) is 17.8 Å². The lowest BCUT2D eigenvalue weighted by Crippen LogP contribution is -2.37. The van der Waals surface area contributed by atoms with Crippen molar-refractivity contribution in [1.82, 2.24) is 10.3 Å². The zero-order chi connectivity index (χ0) is 22.6. The molecular formula is C24H22F3N3O2. The van der Waals surface area contributed by atoms with Crippen LogP contribution in [0.5, 0.6) is 5.75 Å². The monoisotopic (exact) mass is 441 g/mol. The number of aromatic nitrogens is 1. The third-order valence-corrected chi connectivity index (χ3v) is 5.27. The summed E-state index contributed by atoms with van der Waals surface area (Å²) in [5.74, 6) is 0.844. The Morgan fingerprint density at radius 2 is 1.91 bits per heavy atom. The highest BCUT2D eigenvalue weighted by atomic mass is 19.4. The number of carbonyl (C=O) groups excluding carboxylic acids is 1. The molecule has 32 heavy (non-hydrogen) atoms. The van der Waals surface area contributed by atoms with Gasteiger partial charge in [0.2, 0.25) is 0 Å². The molecule has 1 unspecified atom stereocenters. The van der Waals surface area contributed by atoms with Gasteiger partial charge in [-0.3, -0.25) is 4.79 Å². The van der Waals surface area contributed by atoms with Crippen molar-refractivity contribution in [2.45, 2.75) is 25.2 Å². The van der Waals surface area contributed by atoms with E-state index in [1.54, 1.807) is 24.3 Å². The van der Waals surface area contributed by atoms with Gasteiger partial charge in [-0.05, 0) is 42.3 Å².